The van der Waals surface area contributed by atoms with Crippen LogP contribution in [0.1, 0.15) is 44.4 Å². The molecule has 0 bridgehead atoms. The SMILES string of the molecule is COc1cc2c(c(OC)c1OC)-c1ccc(NC(C(=O)NCCn3ccc4c(OC)cccc43)C(C)C)c(=O)cc1C(NC(C)=O)CC2. The molecule has 1 aliphatic rings. The van der Waals surface area contributed by atoms with E-state index in [1.807, 2.05) is 56.4 Å². The van der Waals surface area contributed by atoms with E-state index in [9.17, 15) is 14.4 Å². The van der Waals surface area contributed by atoms with Gasteiger partial charge in [-0.2, -0.15) is 0 Å². The molecule has 1 aromatic heterocycles. The molecule has 0 aliphatic heterocycles. The van der Waals surface area contributed by atoms with Gasteiger partial charge in [-0.15, -0.1) is 0 Å². The number of nitrogens with zero attached hydrogens (tertiary/aromatic N) is 1. The van der Waals surface area contributed by atoms with Crippen LogP contribution in [-0.2, 0) is 22.6 Å². The summed E-state index contributed by atoms with van der Waals surface area (Å²) in [4.78, 5) is 39.7. The summed E-state index contributed by atoms with van der Waals surface area (Å²) in [7, 11) is 6.32. The standard InChI is InChI=1S/C37H44N4O7/c1-21(2)34(37(44)38-16-18-41-17-15-25-29(41)9-8-10-31(25)45-4)40-28-14-12-24-26(20-30(28)43)27(39-22(3)42)13-11-23-19-32(46-5)35(47-6)36(48-7)33(23)24/h8-10,12,14-15,17,19-21,27,34H,11,13,16,18H2,1-7H3,(H,38,44)(H,39,42)(H,40,43). The van der Waals surface area contributed by atoms with Crippen LogP contribution in [-0.4, -0.2) is 57.4 Å². The Morgan fingerprint density at radius 3 is 2.35 bits per heavy atom. The van der Waals surface area contributed by atoms with Gasteiger partial charge in [-0.3, -0.25) is 14.4 Å². The van der Waals surface area contributed by atoms with Crippen LogP contribution in [0.3, 0.4) is 0 Å². The van der Waals surface area contributed by atoms with Gasteiger partial charge in [0.15, 0.2) is 11.5 Å². The zero-order valence-electron chi connectivity index (χ0n) is 28.6. The summed E-state index contributed by atoms with van der Waals surface area (Å²) in [6.45, 7) is 6.28. The van der Waals surface area contributed by atoms with Crippen molar-refractivity contribution in [1.29, 1.82) is 0 Å². The summed E-state index contributed by atoms with van der Waals surface area (Å²) in [5.74, 6) is 1.66. The number of aryl methyl sites for hydroxylation is 1. The van der Waals surface area contributed by atoms with Crippen molar-refractivity contribution in [2.45, 2.75) is 52.2 Å². The lowest BCUT2D eigenvalue weighted by Gasteiger charge is -2.22. The smallest absolute Gasteiger partial charge is 0.242 e. The maximum Gasteiger partial charge on any atom is 0.242 e. The number of carbonyl (C=O) groups is 2. The number of rotatable bonds is 12. The molecule has 11 heteroatoms. The van der Waals surface area contributed by atoms with Crippen molar-refractivity contribution in [1.82, 2.24) is 15.2 Å². The van der Waals surface area contributed by atoms with E-state index in [1.54, 1.807) is 40.6 Å². The van der Waals surface area contributed by atoms with Crippen LogP contribution in [0.4, 0.5) is 5.69 Å². The van der Waals surface area contributed by atoms with Gasteiger partial charge in [-0.05, 0) is 71.8 Å². The fourth-order valence-electron chi connectivity index (χ4n) is 6.51. The van der Waals surface area contributed by atoms with Crippen molar-refractivity contribution in [2.75, 3.05) is 40.3 Å². The van der Waals surface area contributed by atoms with E-state index in [0.29, 0.717) is 54.3 Å². The lowest BCUT2D eigenvalue weighted by atomic mass is 9.95. The Morgan fingerprint density at radius 1 is 0.938 bits per heavy atom. The number of hydrogen-bond acceptors (Lipinski definition) is 8. The fraction of sp³-hybridized carbons (Fsp3) is 0.378. The molecular weight excluding hydrogens is 612 g/mol. The number of ether oxygens (including phenoxy) is 4. The molecule has 0 fully saturated rings. The lowest BCUT2D eigenvalue weighted by molar-refractivity contribution is -0.122. The Hall–Kier alpha value is -5.19. The molecule has 2 unspecified atom stereocenters. The van der Waals surface area contributed by atoms with Crippen molar-refractivity contribution in [3.05, 3.63) is 76.1 Å². The van der Waals surface area contributed by atoms with E-state index in [2.05, 4.69) is 20.5 Å². The normalized spacial score (nSPS) is 14.3. The predicted molar refractivity (Wildman–Crippen MR) is 186 cm³/mol. The molecule has 3 N–H and O–H groups in total. The van der Waals surface area contributed by atoms with Crippen LogP contribution in [0.5, 0.6) is 23.0 Å². The van der Waals surface area contributed by atoms with E-state index in [0.717, 1.165) is 27.8 Å². The summed E-state index contributed by atoms with van der Waals surface area (Å²) in [6, 6.07) is 13.7. The van der Waals surface area contributed by atoms with Gasteiger partial charge >= 0.3 is 0 Å². The van der Waals surface area contributed by atoms with E-state index >= 15 is 0 Å². The van der Waals surface area contributed by atoms with Crippen LogP contribution >= 0.6 is 0 Å². The molecule has 2 atom stereocenters. The summed E-state index contributed by atoms with van der Waals surface area (Å²) >= 11 is 0. The quantitative estimate of drug-likeness (QED) is 0.193. The highest BCUT2D eigenvalue weighted by atomic mass is 16.5. The molecule has 254 valence electrons. The Bertz CT molecular complexity index is 1880. The largest absolute Gasteiger partial charge is 0.496 e. The van der Waals surface area contributed by atoms with E-state index in [4.69, 9.17) is 18.9 Å². The van der Waals surface area contributed by atoms with Gasteiger partial charge in [-0.1, -0.05) is 26.0 Å². The number of anilines is 1. The Morgan fingerprint density at radius 2 is 1.69 bits per heavy atom. The lowest BCUT2D eigenvalue weighted by Crippen LogP contribution is -2.44. The molecule has 3 aromatic carbocycles. The van der Waals surface area contributed by atoms with E-state index in [-0.39, 0.29) is 28.8 Å². The first-order valence-electron chi connectivity index (χ1n) is 16.0. The maximum absolute atomic E-state index is 13.9. The molecular formula is C37H44N4O7. The van der Waals surface area contributed by atoms with Crippen molar-refractivity contribution in [2.24, 2.45) is 5.92 Å². The number of fused-ring (bicyclic) bond motifs is 4. The second kappa shape index (κ2) is 14.7. The van der Waals surface area contributed by atoms with Crippen LogP contribution in [0.2, 0.25) is 0 Å². The van der Waals surface area contributed by atoms with Gasteiger partial charge in [0.25, 0.3) is 0 Å². The summed E-state index contributed by atoms with van der Waals surface area (Å²) in [6.07, 6.45) is 3.11. The Balaban J connectivity index is 1.47. The molecule has 0 radical (unpaired) electrons. The average molecular weight is 657 g/mol. The van der Waals surface area contributed by atoms with Gasteiger partial charge in [0, 0.05) is 37.2 Å². The van der Waals surface area contributed by atoms with Crippen LogP contribution in [0, 0.1) is 5.92 Å². The molecule has 11 nitrogen and oxygen atoms in total. The van der Waals surface area contributed by atoms with Gasteiger partial charge < -0.3 is 39.5 Å². The maximum atomic E-state index is 13.9. The molecule has 48 heavy (non-hydrogen) atoms. The van der Waals surface area contributed by atoms with Crippen LogP contribution in [0.25, 0.3) is 22.0 Å². The van der Waals surface area contributed by atoms with E-state index in [1.165, 1.54) is 6.92 Å². The average Bonchev–Trinajstić information content (AvgIpc) is 3.34. The minimum atomic E-state index is -0.682. The highest BCUT2D eigenvalue weighted by Crippen LogP contribution is 2.50. The van der Waals surface area contributed by atoms with Crippen LogP contribution in [0.15, 0.2) is 59.5 Å². The molecule has 2 amide bonds. The number of hydrogen-bond donors (Lipinski definition) is 3. The molecule has 0 saturated heterocycles. The Kier molecular flexibility index (Phi) is 10.5. The molecule has 0 spiro atoms. The van der Waals surface area contributed by atoms with Crippen molar-refractivity contribution < 1.29 is 28.5 Å². The van der Waals surface area contributed by atoms with Crippen molar-refractivity contribution >= 4 is 28.4 Å². The minimum Gasteiger partial charge on any atom is -0.496 e. The molecule has 1 heterocycles. The summed E-state index contributed by atoms with van der Waals surface area (Å²) in [5, 5.41) is 10.3. The number of benzene rings is 2. The topological polar surface area (TPSA) is 129 Å². The van der Waals surface area contributed by atoms with Gasteiger partial charge in [0.2, 0.25) is 23.0 Å². The third-order valence-corrected chi connectivity index (χ3v) is 8.82. The van der Waals surface area contributed by atoms with Gasteiger partial charge in [-0.25, -0.2) is 0 Å². The number of nitrogens with one attached hydrogen (secondary N) is 3. The third-order valence-electron chi connectivity index (χ3n) is 8.82. The first-order valence-corrected chi connectivity index (χ1v) is 16.0. The predicted octanol–water partition coefficient (Wildman–Crippen LogP) is 5.08. The first kappa shape index (κ1) is 34.2. The molecule has 1 aliphatic carbocycles. The highest BCUT2D eigenvalue weighted by Gasteiger charge is 2.30. The first-order chi connectivity index (χ1) is 23.1. The molecule has 4 aromatic rings. The number of carbonyl (C=O) groups excluding carboxylic acids is 2. The molecule has 5 rings (SSSR count). The zero-order valence-corrected chi connectivity index (χ0v) is 28.6. The Labute approximate surface area is 280 Å². The van der Waals surface area contributed by atoms with E-state index < -0.39 is 12.1 Å². The van der Waals surface area contributed by atoms with Gasteiger partial charge in [0.05, 0.1) is 45.7 Å². The number of aromatic nitrogens is 1. The van der Waals surface area contributed by atoms with Crippen molar-refractivity contribution in [3.63, 3.8) is 0 Å². The molecule has 0 saturated carbocycles. The van der Waals surface area contributed by atoms with Gasteiger partial charge in [0.1, 0.15) is 11.8 Å². The number of amides is 2. The second-order valence-corrected chi connectivity index (χ2v) is 12.2. The third kappa shape index (κ3) is 6.76. The monoisotopic (exact) mass is 656 g/mol. The van der Waals surface area contributed by atoms with Crippen molar-refractivity contribution in [3.8, 4) is 34.1 Å². The highest BCUT2D eigenvalue weighted by molar-refractivity contribution is 5.87. The van der Waals surface area contributed by atoms with Crippen LogP contribution < -0.4 is 40.3 Å². The number of methoxy groups -OCH3 is 4. The zero-order chi connectivity index (χ0) is 34.5. The fourth-order valence-corrected chi connectivity index (χ4v) is 6.51. The second-order valence-electron chi connectivity index (χ2n) is 12.2. The minimum absolute atomic E-state index is 0.130. The summed E-state index contributed by atoms with van der Waals surface area (Å²) < 4.78 is 24.7. The summed E-state index contributed by atoms with van der Waals surface area (Å²) in [5.41, 5.74) is 4.03.